The summed E-state index contributed by atoms with van der Waals surface area (Å²) in [7, 11) is 0. The second kappa shape index (κ2) is 3.84. The van der Waals surface area contributed by atoms with Gasteiger partial charge >= 0.3 is 0 Å². The fourth-order valence-corrected chi connectivity index (χ4v) is 2.52. The van der Waals surface area contributed by atoms with Gasteiger partial charge in [-0.2, -0.15) is 0 Å². The monoisotopic (exact) mass is 204 g/mol. The predicted molar refractivity (Wildman–Crippen MR) is 53.8 cm³/mol. The standard InChI is InChI=1S/C9H16N2O.ClH/c1-7(12)10-9-5-2-3-8(11-9)4-6-9;/h8,11H,2-6H2,1H3,(H,10,12);1H. The van der Waals surface area contributed by atoms with E-state index in [1.165, 1.54) is 19.3 Å². The maximum atomic E-state index is 10.9. The molecule has 2 unspecified atom stereocenters. The van der Waals surface area contributed by atoms with Crippen molar-refractivity contribution in [3.8, 4) is 0 Å². The molecule has 2 saturated heterocycles. The van der Waals surface area contributed by atoms with Crippen molar-refractivity contribution in [2.45, 2.75) is 50.7 Å². The van der Waals surface area contributed by atoms with Gasteiger partial charge in [0.1, 0.15) is 0 Å². The van der Waals surface area contributed by atoms with E-state index in [2.05, 4.69) is 10.6 Å². The summed E-state index contributed by atoms with van der Waals surface area (Å²) in [6.07, 6.45) is 5.96. The number of piperidine rings is 1. The third-order valence-corrected chi connectivity index (χ3v) is 2.97. The topological polar surface area (TPSA) is 41.1 Å². The molecule has 0 aliphatic carbocycles. The summed E-state index contributed by atoms with van der Waals surface area (Å²) in [5.41, 5.74) is -0.0330. The zero-order chi connectivity index (χ0) is 8.60. The van der Waals surface area contributed by atoms with E-state index in [1.807, 2.05) is 0 Å². The highest BCUT2D eigenvalue weighted by atomic mass is 35.5. The van der Waals surface area contributed by atoms with Crippen LogP contribution in [0, 0.1) is 0 Å². The van der Waals surface area contributed by atoms with Gasteiger partial charge in [-0.05, 0) is 32.1 Å². The molecule has 2 aliphatic rings. The van der Waals surface area contributed by atoms with E-state index in [1.54, 1.807) is 6.92 Å². The summed E-state index contributed by atoms with van der Waals surface area (Å²) in [5, 5.41) is 6.54. The third-order valence-electron chi connectivity index (χ3n) is 2.97. The van der Waals surface area contributed by atoms with Crippen LogP contribution in [0.2, 0.25) is 0 Å². The Kier molecular flexibility index (Phi) is 3.19. The minimum absolute atomic E-state index is 0. The van der Waals surface area contributed by atoms with Gasteiger partial charge in [0, 0.05) is 13.0 Å². The van der Waals surface area contributed by atoms with Crippen molar-refractivity contribution in [2.75, 3.05) is 0 Å². The van der Waals surface area contributed by atoms with Crippen LogP contribution in [0.3, 0.4) is 0 Å². The van der Waals surface area contributed by atoms with Crippen LogP contribution in [-0.4, -0.2) is 17.6 Å². The normalized spacial score (nSPS) is 36.5. The zero-order valence-electron chi connectivity index (χ0n) is 7.93. The minimum atomic E-state index is -0.0330. The molecule has 2 N–H and O–H groups in total. The van der Waals surface area contributed by atoms with Crippen molar-refractivity contribution < 1.29 is 4.79 Å². The molecule has 0 radical (unpaired) electrons. The molecular weight excluding hydrogens is 188 g/mol. The molecule has 2 atom stereocenters. The molecular formula is C9H17ClN2O. The number of carbonyl (C=O) groups excluding carboxylic acids is 1. The van der Waals surface area contributed by atoms with Crippen molar-refractivity contribution in [2.24, 2.45) is 0 Å². The highest BCUT2D eigenvalue weighted by Crippen LogP contribution is 2.33. The minimum Gasteiger partial charge on any atom is -0.338 e. The van der Waals surface area contributed by atoms with Crippen LogP contribution in [-0.2, 0) is 4.79 Å². The van der Waals surface area contributed by atoms with Crippen molar-refractivity contribution in [1.29, 1.82) is 0 Å². The number of hydrogen-bond donors (Lipinski definition) is 2. The maximum Gasteiger partial charge on any atom is 0.218 e. The summed E-state index contributed by atoms with van der Waals surface area (Å²) >= 11 is 0. The summed E-state index contributed by atoms with van der Waals surface area (Å²) in [6, 6.07) is 0.658. The van der Waals surface area contributed by atoms with Gasteiger partial charge in [0.25, 0.3) is 0 Å². The van der Waals surface area contributed by atoms with E-state index >= 15 is 0 Å². The number of rotatable bonds is 1. The fourth-order valence-electron chi connectivity index (χ4n) is 2.52. The molecule has 2 heterocycles. The second-order valence-electron chi connectivity index (χ2n) is 4.04. The number of fused-ring (bicyclic) bond motifs is 2. The Morgan fingerprint density at radius 3 is 2.92 bits per heavy atom. The molecule has 0 spiro atoms. The summed E-state index contributed by atoms with van der Waals surface area (Å²) in [4.78, 5) is 10.9. The number of carbonyl (C=O) groups is 1. The largest absolute Gasteiger partial charge is 0.338 e. The highest BCUT2D eigenvalue weighted by molar-refractivity contribution is 5.85. The summed E-state index contributed by atoms with van der Waals surface area (Å²) in [5.74, 6) is 0.0880. The van der Waals surface area contributed by atoms with Gasteiger partial charge in [0.05, 0.1) is 5.66 Å². The molecule has 2 rings (SSSR count). The quantitative estimate of drug-likeness (QED) is 0.674. The van der Waals surface area contributed by atoms with E-state index in [0.29, 0.717) is 6.04 Å². The first-order valence-electron chi connectivity index (χ1n) is 4.77. The molecule has 2 aliphatic heterocycles. The first-order valence-corrected chi connectivity index (χ1v) is 4.77. The van der Waals surface area contributed by atoms with Crippen LogP contribution in [0.25, 0.3) is 0 Å². The predicted octanol–water partition coefficient (Wildman–Crippen LogP) is 1.18. The van der Waals surface area contributed by atoms with Crippen molar-refractivity contribution >= 4 is 18.3 Å². The lowest BCUT2D eigenvalue weighted by Crippen LogP contribution is -2.58. The zero-order valence-corrected chi connectivity index (χ0v) is 8.75. The molecule has 0 aromatic rings. The molecule has 3 nitrogen and oxygen atoms in total. The van der Waals surface area contributed by atoms with E-state index in [9.17, 15) is 4.79 Å². The molecule has 1 amide bonds. The van der Waals surface area contributed by atoms with E-state index in [0.717, 1.165) is 12.8 Å². The number of hydrogen-bond acceptors (Lipinski definition) is 2. The van der Waals surface area contributed by atoms with Gasteiger partial charge in [-0.1, -0.05) is 0 Å². The van der Waals surface area contributed by atoms with Crippen molar-refractivity contribution in [1.82, 2.24) is 10.6 Å². The number of nitrogens with one attached hydrogen (secondary N) is 2. The van der Waals surface area contributed by atoms with Crippen LogP contribution < -0.4 is 10.6 Å². The Labute approximate surface area is 85.1 Å². The van der Waals surface area contributed by atoms with E-state index < -0.39 is 0 Å². The molecule has 13 heavy (non-hydrogen) atoms. The van der Waals surface area contributed by atoms with Crippen LogP contribution >= 0.6 is 12.4 Å². The number of amides is 1. The first kappa shape index (κ1) is 10.8. The van der Waals surface area contributed by atoms with Gasteiger partial charge in [-0.3, -0.25) is 10.1 Å². The highest BCUT2D eigenvalue weighted by Gasteiger charge is 2.41. The average molecular weight is 205 g/mol. The smallest absolute Gasteiger partial charge is 0.218 e. The third kappa shape index (κ3) is 2.15. The second-order valence-corrected chi connectivity index (χ2v) is 4.04. The molecule has 2 fully saturated rings. The molecule has 76 valence electrons. The fraction of sp³-hybridized carbons (Fsp3) is 0.889. The van der Waals surface area contributed by atoms with Gasteiger partial charge in [-0.25, -0.2) is 0 Å². The van der Waals surface area contributed by atoms with E-state index in [4.69, 9.17) is 0 Å². The van der Waals surface area contributed by atoms with Crippen LogP contribution in [0.1, 0.15) is 39.0 Å². The average Bonchev–Trinajstić information content (AvgIpc) is 2.25. The summed E-state index contributed by atoms with van der Waals surface area (Å²) < 4.78 is 0. The van der Waals surface area contributed by atoms with E-state index in [-0.39, 0.29) is 24.0 Å². The number of halogens is 1. The Morgan fingerprint density at radius 2 is 2.23 bits per heavy atom. The van der Waals surface area contributed by atoms with Crippen LogP contribution in [0.5, 0.6) is 0 Å². The van der Waals surface area contributed by atoms with Gasteiger partial charge in [-0.15, -0.1) is 12.4 Å². The molecule has 2 bridgehead atoms. The van der Waals surface area contributed by atoms with Crippen LogP contribution in [0.4, 0.5) is 0 Å². The molecule has 0 aromatic carbocycles. The molecule has 0 aromatic heterocycles. The van der Waals surface area contributed by atoms with Gasteiger partial charge < -0.3 is 5.32 Å². The maximum absolute atomic E-state index is 10.9. The molecule has 4 heteroatoms. The Balaban J connectivity index is 0.000000845. The Hall–Kier alpha value is -0.280. The Bertz CT molecular complexity index is 206. The Morgan fingerprint density at radius 1 is 1.46 bits per heavy atom. The SMILES string of the molecule is CC(=O)NC12CCCC(CC1)N2.Cl. The molecule has 0 saturated carbocycles. The lowest BCUT2D eigenvalue weighted by Gasteiger charge is -2.35. The van der Waals surface area contributed by atoms with Crippen molar-refractivity contribution in [3.63, 3.8) is 0 Å². The van der Waals surface area contributed by atoms with Crippen LogP contribution in [0.15, 0.2) is 0 Å². The van der Waals surface area contributed by atoms with Gasteiger partial charge in [0.15, 0.2) is 0 Å². The van der Waals surface area contributed by atoms with Gasteiger partial charge in [0.2, 0.25) is 5.91 Å². The first-order chi connectivity index (χ1) is 5.70. The summed E-state index contributed by atoms with van der Waals surface area (Å²) in [6.45, 7) is 1.60. The lowest BCUT2D eigenvalue weighted by atomic mass is 10.00. The lowest BCUT2D eigenvalue weighted by molar-refractivity contribution is -0.121. The van der Waals surface area contributed by atoms with Crippen molar-refractivity contribution in [3.05, 3.63) is 0 Å².